The molecule has 0 radical (unpaired) electrons. The molecule has 20 heavy (non-hydrogen) atoms. The normalized spacial score (nSPS) is 18.4. The molecule has 110 valence electrons. The van der Waals surface area contributed by atoms with Crippen LogP contribution in [0, 0.1) is 5.41 Å². The van der Waals surface area contributed by atoms with Gasteiger partial charge in [-0.2, -0.15) is 0 Å². The zero-order chi connectivity index (χ0) is 14.6. The fraction of sp³-hybridized carbons (Fsp3) is 0.533. The van der Waals surface area contributed by atoms with Crippen LogP contribution in [0.1, 0.15) is 38.5 Å². The predicted octanol–water partition coefficient (Wildman–Crippen LogP) is 4.23. The van der Waals surface area contributed by atoms with Crippen molar-refractivity contribution in [1.29, 1.82) is 0 Å². The molecule has 1 aliphatic rings. The molecule has 3 nitrogen and oxygen atoms in total. The SMILES string of the molecule is NCC1(C(=O)Nc2cccc(Cl)c2Cl)CCCCCC1. The Morgan fingerprint density at radius 3 is 2.45 bits per heavy atom. The van der Waals surface area contributed by atoms with Crippen molar-refractivity contribution in [3.63, 3.8) is 0 Å². The Labute approximate surface area is 129 Å². The van der Waals surface area contributed by atoms with Gasteiger partial charge in [-0.25, -0.2) is 0 Å². The van der Waals surface area contributed by atoms with Crippen LogP contribution in [0.2, 0.25) is 10.0 Å². The lowest BCUT2D eigenvalue weighted by atomic mass is 9.79. The average Bonchev–Trinajstić information content (AvgIpc) is 2.70. The summed E-state index contributed by atoms with van der Waals surface area (Å²) >= 11 is 12.1. The Bertz CT molecular complexity index is 483. The van der Waals surface area contributed by atoms with E-state index in [2.05, 4.69) is 5.32 Å². The second-order valence-corrected chi connectivity index (χ2v) is 6.24. The Kier molecular flexibility index (Phi) is 5.30. The molecule has 1 aromatic carbocycles. The summed E-state index contributed by atoms with van der Waals surface area (Å²) in [6, 6.07) is 5.23. The summed E-state index contributed by atoms with van der Waals surface area (Å²) in [5, 5.41) is 3.72. The predicted molar refractivity (Wildman–Crippen MR) is 84.3 cm³/mol. The molecular formula is C15H20Cl2N2O. The van der Waals surface area contributed by atoms with E-state index in [1.165, 1.54) is 12.8 Å². The lowest BCUT2D eigenvalue weighted by molar-refractivity contribution is -0.125. The highest BCUT2D eigenvalue weighted by Gasteiger charge is 2.37. The molecular weight excluding hydrogens is 295 g/mol. The zero-order valence-corrected chi connectivity index (χ0v) is 12.9. The Hall–Kier alpha value is -0.770. The van der Waals surface area contributed by atoms with Gasteiger partial charge in [-0.15, -0.1) is 0 Å². The lowest BCUT2D eigenvalue weighted by Gasteiger charge is -2.30. The van der Waals surface area contributed by atoms with Crippen LogP contribution in [-0.2, 0) is 4.79 Å². The number of nitrogens with two attached hydrogens (primary N) is 1. The van der Waals surface area contributed by atoms with E-state index in [0.29, 0.717) is 22.3 Å². The topological polar surface area (TPSA) is 55.1 Å². The van der Waals surface area contributed by atoms with E-state index in [0.717, 1.165) is 25.7 Å². The van der Waals surface area contributed by atoms with E-state index in [4.69, 9.17) is 28.9 Å². The average molecular weight is 315 g/mol. The molecule has 0 bridgehead atoms. The summed E-state index contributed by atoms with van der Waals surface area (Å²) in [4.78, 5) is 12.6. The minimum Gasteiger partial charge on any atom is -0.329 e. The van der Waals surface area contributed by atoms with Gasteiger partial charge in [0, 0.05) is 6.54 Å². The van der Waals surface area contributed by atoms with Crippen LogP contribution in [0.15, 0.2) is 18.2 Å². The number of benzene rings is 1. The van der Waals surface area contributed by atoms with E-state index in [-0.39, 0.29) is 5.91 Å². The quantitative estimate of drug-likeness (QED) is 0.820. The third-order valence-corrected chi connectivity index (χ3v) is 4.95. The maximum Gasteiger partial charge on any atom is 0.231 e. The van der Waals surface area contributed by atoms with E-state index >= 15 is 0 Å². The summed E-state index contributed by atoms with van der Waals surface area (Å²) in [6.07, 6.45) is 6.13. The molecule has 2 rings (SSSR count). The summed E-state index contributed by atoms with van der Waals surface area (Å²) in [6.45, 7) is 0.372. The number of rotatable bonds is 3. The first kappa shape index (κ1) is 15.6. The molecule has 1 aliphatic carbocycles. The molecule has 0 saturated heterocycles. The largest absolute Gasteiger partial charge is 0.329 e. The molecule has 3 N–H and O–H groups in total. The molecule has 1 fully saturated rings. The molecule has 1 aromatic rings. The minimum atomic E-state index is -0.470. The van der Waals surface area contributed by atoms with Crippen molar-refractivity contribution in [3.05, 3.63) is 28.2 Å². The van der Waals surface area contributed by atoms with Gasteiger partial charge in [-0.1, -0.05) is 55.0 Å². The molecule has 0 aliphatic heterocycles. The van der Waals surface area contributed by atoms with Gasteiger partial charge in [0.15, 0.2) is 0 Å². The highest BCUT2D eigenvalue weighted by atomic mass is 35.5. The first-order chi connectivity index (χ1) is 9.59. The fourth-order valence-corrected chi connectivity index (χ4v) is 3.13. The zero-order valence-electron chi connectivity index (χ0n) is 11.4. The number of carbonyl (C=O) groups excluding carboxylic acids is 1. The van der Waals surface area contributed by atoms with E-state index in [9.17, 15) is 4.79 Å². The second kappa shape index (κ2) is 6.79. The minimum absolute atomic E-state index is 0.0360. The van der Waals surface area contributed by atoms with Gasteiger partial charge < -0.3 is 11.1 Å². The number of amides is 1. The molecule has 0 aromatic heterocycles. The van der Waals surface area contributed by atoms with Crippen LogP contribution in [0.5, 0.6) is 0 Å². The number of hydrogen-bond donors (Lipinski definition) is 2. The molecule has 1 amide bonds. The van der Waals surface area contributed by atoms with Gasteiger partial charge in [0.25, 0.3) is 0 Å². The van der Waals surface area contributed by atoms with Crippen LogP contribution in [-0.4, -0.2) is 12.5 Å². The van der Waals surface area contributed by atoms with Crippen LogP contribution >= 0.6 is 23.2 Å². The first-order valence-electron chi connectivity index (χ1n) is 7.05. The third kappa shape index (κ3) is 3.27. The summed E-state index contributed by atoms with van der Waals surface area (Å²) < 4.78 is 0. The van der Waals surface area contributed by atoms with Gasteiger partial charge in [-0.3, -0.25) is 4.79 Å². The lowest BCUT2D eigenvalue weighted by Crippen LogP contribution is -2.42. The van der Waals surface area contributed by atoms with Gasteiger partial charge in [-0.05, 0) is 25.0 Å². The summed E-state index contributed by atoms with van der Waals surface area (Å²) in [5.41, 5.74) is 6.00. The Morgan fingerprint density at radius 1 is 1.20 bits per heavy atom. The summed E-state index contributed by atoms with van der Waals surface area (Å²) in [7, 11) is 0. The van der Waals surface area contributed by atoms with Crippen molar-refractivity contribution in [2.24, 2.45) is 11.1 Å². The Balaban J connectivity index is 2.18. The highest BCUT2D eigenvalue weighted by molar-refractivity contribution is 6.44. The Morgan fingerprint density at radius 2 is 1.85 bits per heavy atom. The molecule has 0 atom stereocenters. The van der Waals surface area contributed by atoms with Crippen molar-refractivity contribution in [2.75, 3.05) is 11.9 Å². The maximum absolute atomic E-state index is 12.6. The van der Waals surface area contributed by atoms with Crippen LogP contribution in [0.4, 0.5) is 5.69 Å². The van der Waals surface area contributed by atoms with Gasteiger partial charge >= 0.3 is 0 Å². The smallest absolute Gasteiger partial charge is 0.231 e. The maximum atomic E-state index is 12.6. The van der Waals surface area contributed by atoms with Crippen molar-refractivity contribution >= 4 is 34.8 Å². The molecule has 0 spiro atoms. The monoisotopic (exact) mass is 314 g/mol. The van der Waals surface area contributed by atoms with Gasteiger partial charge in [0.2, 0.25) is 5.91 Å². The van der Waals surface area contributed by atoms with Crippen molar-refractivity contribution < 1.29 is 4.79 Å². The molecule has 0 heterocycles. The molecule has 1 saturated carbocycles. The standard InChI is InChI=1S/C15H20Cl2N2O/c16-11-6-5-7-12(13(11)17)19-14(20)15(10-18)8-3-1-2-4-9-15/h5-7H,1-4,8-10,18H2,(H,19,20). The van der Waals surface area contributed by atoms with E-state index < -0.39 is 5.41 Å². The third-order valence-electron chi connectivity index (χ3n) is 4.13. The van der Waals surface area contributed by atoms with Crippen molar-refractivity contribution in [1.82, 2.24) is 0 Å². The molecule has 0 unspecified atom stereocenters. The number of carbonyl (C=O) groups is 1. The second-order valence-electron chi connectivity index (χ2n) is 5.45. The highest BCUT2D eigenvalue weighted by Crippen LogP contribution is 2.37. The van der Waals surface area contributed by atoms with Crippen LogP contribution in [0.25, 0.3) is 0 Å². The van der Waals surface area contributed by atoms with Gasteiger partial charge in [0.1, 0.15) is 0 Å². The molecule has 5 heteroatoms. The first-order valence-corrected chi connectivity index (χ1v) is 7.80. The fourth-order valence-electron chi connectivity index (χ4n) is 2.78. The van der Waals surface area contributed by atoms with E-state index in [1.807, 2.05) is 0 Å². The van der Waals surface area contributed by atoms with Crippen molar-refractivity contribution in [3.8, 4) is 0 Å². The van der Waals surface area contributed by atoms with Crippen LogP contribution in [0.3, 0.4) is 0 Å². The van der Waals surface area contributed by atoms with Crippen molar-refractivity contribution in [2.45, 2.75) is 38.5 Å². The van der Waals surface area contributed by atoms with E-state index in [1.54, 1.807) is 18.2 Å². The van der Waals surface area contributed by atoms with Crippen LogP contribution < -0.4 is 11.1 Å². The number of hydrogen-bond acceptors (Lipinski definition) is 2. The van der Waals surface area contributed by atoms with Gasteiger partial charge in [0.05, 0.1) is 21.1 Å². The summed E-state index contributed by atoms with van der Waals surface area (Å²) in [5.74, 6) is -0.0360. The number of halogens is 2. The number of nitrogens with one attached hydrogen (secondary N) is 1. The number of anilines is 1.